The summed E-state index contributed by atoms with van der Waals surface area (Å²) in [5, 5.41) is 3.24. The van der Waals surface area contributed by atoms with Crippen LogP contribution in [0.1, 0.15) is 36.1 Å². The molecule has 2 heterocycles. The van der Waals surface area contributed by atoms with Gasteiger partial charge in [-0.1, -0.05) is 0 Å². The molecule has 2 rings (SSSR count). The number of primary amides is 1. The molecule has 0 aliphatic carbocycles. The fourth-order valence-electron chi connectivity index (χ4n) is 2.57. The predicted molar refractivity (Wildman–Crippen MR) is 83.6 cm³/mol. The number of aliphatic imine (C=N–C) groups is 1. The minimum absolute atomic E-state index is 0.171. The van der Waals surface area contributed by atoms with Gasteiger partial charge in [0.1, 0.15) is 5.76 Å². The van der Waals surface area contributed by atoms with Gasteiger partial charge < -0.3 is 25.1 Å². The van der Waals surface area contributed by atoms with Crippen LogP contribution >= 0.6 is 0 Å². The standard InChI is InChI=1S/C15H24N4O3/c1-3-21-11-6-8-19(9-7-11)15(17-2)18-10-12-4-5-13(22-12)14(16)20/h4-5,11H,3,6-10H2,1-2H3,(H2,16,20)(H,17,18). The van der Waals surface area contributed by atoms with Gasteiger partial charge in [0.2, 0.25) is 0 Å². The third-order valence-corrected chi connectivity index (χ3v) is 3.68. The molecule has 7 nitrogen and oxygen atoms in total. The molecule has 7 heteroatoms. The average Bonchev–Trinajstić information content (AvgIpc) is 2.99. The second-order valence-electron chi connectivity index (χ2n) is 5.17. The zero-order chi connectivity index (χ0) is 15.9. The summed E-state index contributed by atoms with van der Waals surface area (Å²) in [4.78, 5) is 17.5. The number of furan rings is 1. The van der Waals surface area contributed by atoms with Crippen LogP contribution in [0.3, 0.4) is 0 Å². The largest absolute Gasteiger partial charge is 0.454 e. The number of likely N-dealkylation sites (tertiary alicyclic amines) is 1. The molecule has 1 aromatic rings. The van der Waals surface area contributed by atoms with E-state index in [2.05, 4.69) is 15.2 Å². The number of rotatable bonds is 5. The van der Waals surface area contributed by atoms with Gasteiger partial charge in [-0.15, -0.1) is 0 Å². The minimum atomic E-state index is -0.561. The lowest BCUT2D eigenvalue weighted by atomic mass is 10.1. The first-order valence-corrected chi connectivity index (χ1v) is 7.59. The van der Waals surface area contributed by atoms with E-state index >= 15 is 0 Å². The molecule has 0 atom stereocenters. The average molecular weight is 308 g/mol. The summed E-state index contributed by atoms with van der Waals surface area (Å²) in [5.74, 6) is 1.09. The van der Waals surface area contributed by atoms with Crippen molar-refractivity contribution in [2.45, 2.75) is 32.4 Å². The minimum Gasteiger partial charge on any atom is -0.454 e. The smallest absolute Gasteiger partial charge is 0.284 e. The SMILES string of the molecule is CCOC1CCN(C(=NC)NCc2ccc(C(N)=O)o2)CC1. The van der Waals surface area contributed by atoms with Crippen LogP contribution in [0.5, 0.6) is 0 Å². The molecule has 0 spiro atoms. The molecule has 1 fully saturated rings. The molecule has 0 unspecified atom stereocenters. The monoisotopic (exact) mass is 308 g/mol. The van der Waals surface area contributed by atoms with Crippen LogP contribution in [-0.4, -0.2) is 49.6 Å². The van der Waals surface area contributed by atoms with E-state index in [1.807, 2.05) is 6.92 Å². The Bertz CT molecular complexity index is 519. The van der Waals surface area contributed by atoms with Crippen LogP contribution in [-0.2, 0) is 11.3 Å². The predicted octanol–water partition coefficient (Wildman–Crippen LogP) is 0.955. The molecule has 0 bridgehead atoms. The molecular formula is C15H24N4O3. The lowest BCUT2D eigenvalue weighted by molar-refractivity contribution is 0.0263. The molecule has 1 aliphatic rings. The van der Waals surface area contributed by atoms with Crippen molar-refractivity contribution < 1.29 is 13.9 Å². The van der Waals surface area contributed by atoms with Crippen LogP contribution < -0.4 is 11.1 Å². The third-order valence-electron chi connectivity index (χ3n) is 3.68. The quantitative estimate of drug-likeness (QED) is 0.624. The van der Waals surface area contributed by atoms with Crippen molar-refractivity contribution in [1.82, 2.24) is 10.2 Å². The van der Waals surface area contributed by atoms with E-state index in [-0.39, 0.29) is 5.76 Å². The number of nitrogens with two attached hydrogens (primary N) is 1. The second-order valence-corrected chi connectivity index (χ2v) is 5.17. The van der Waals surface area contributed by atoms with Crippen LogP contribution in [0.2, 0.25) is 0 Å². The molecule has 1 saturated heterocycles. The fourth-order valence-corrected chi connectivity index (χ4v) is 2.57. The number of nitrogens with one attached hydrogen (secondary N) is 1. The normalized spacial score (nSPS) is 16.8. The maximum Gasteiger partial charge on any atom is 0.284 e. The summed E-state index contributed by atoms with van der Waals surface area (Å²) in [6.07, 6.45) is 2.35. The molecule has 122 valence electrons. The maximum atomic E-state index is 11.0. The Labute approximate surface area is 130 Å². The van der Waals surface area contributed by atoms with Gasteiger partial charge in [0.05, 0.1) is 12.6 Å². The van der Waals surface area contributed by atoms with Crippen LogP contribution in [0.25, 0.3) is 0 Å². The third kappa shape index (κ3) is 4.24. The Morgan fingerprint density at radius 2 is 2.23 bits per heavy atom. The molecule has 1 aliphatic heterocycles. The van der Waals surface area contributed by atoms with E-state index in [1.54, 1.807) is 19.2 Å². The number of hydrogen-bond acceptors (Lipinski definition) is 4. The maximum absolute atomic E-state index is 11.0. The van der Waals surface area contributed by atoms with Crippen molar-refractivity contribution in [3.63, 3.8) is 0 Å². The first kappa shape index (κ1) is 16.4. The highest BCUT2D eigenvalue weighted by molar-refractivity contribution is 5.89. The number of nitrogens with zero attached hydrogens (tertiary/aromatic N) is 2. The van der Waals surface area contributed by atoms with Gasteiger partial charge in [-0.05, 0) is 31.9 Å². The van der Waals surface area contributed by atoms with Crippen molar-refractivity contribution >= 4 is 11.9 Å². The zero-order valence-electron chi connectivity index (χ0n) is 13.2. The zero-order valence-corrected chi connectivity index (χ0v) is 13.2. The van der Waals surface area contributed by atoms with Gasteiger partial charge in [-0.2, -0.15) is 0 Å². The lowest BCUT2D eigenvalue weighted by Crippen LogP contribution is -2.46. The van der Waals surface area contributed by atoms with Crippen molar-refractivity contribution in [3.05, 3.63) is 23.7 Å². The number of ether oxygens (including phenoxy) is 1. The first-order valence-electron chi connectivity index (χ1n) is 7.59. The van der Waals surface area contributed by atoms with Gasteiger partial charge >= 0.3 is 0 Å². The molecular weight excluding hydrogens is 284 g/mol. The molecule has 0 radical (unpaired) electrons. The number of amides is 1. The van der Waals surface area contributed by atoms with Gasteiger partial charge in [-0.3, -0.25) is 9.79 Å². The van der Waals surface area contributed by atoms with E-state index in [1.165, 1.54) is 0 Å². The lowest BCUT2D eigenvalue weighted by Gasteiger charge is -2.33. The highest BCUT2D eigenvalue weighted by Crippen LogP contribution is 2.14. The van der Waals surface area contributed by atoms with Crippen LogP contribution in [0.15, 0.2) is 21.5 Å². The summed E-state index contributed by atoms with van der Waals surface area (Å²) in [6.45, 7) is 5.07. The summed E-state index contributed by atoms with van der Waals surface area (Å²) in [6, 6.07) is 3.32. The Balaban J connectivity index is 1.84. The Kier molecular flexibility index (Phi) is 5.83. The number of piperidine rings is 1. The number of carbonyl (C=O) groups is 1. The van der Waals surface area contributed by atoms with E-state index < -0.39 is 5.91 Å². The van der Waals surface area contributed by atoms with E-state index in [0.717, 1.165) is 38.5 Å². The van der Waals surface area contributed by atoms with Gasteiger partial charge in [-0.25, -0.2) is 0 Å². The number of guanidine groups is 1. The van der Waals surface area contributed by atoms with Gasteiger partial charge in [0, 0.05) is 26.7 Å². The summed E-state index contributed by atoms with van der Waals surface area (Å²) >= 11 is 0. The molecule has 22 heavy (non-hydrogen) atoms. The molecule has 1 amide bonds. The van der Waals surface area contributed by atoms with Crippen molar-refractivity contribution in [3.8, 4) is 0 Å². The molecule has 1 aromatic heterocycles. The summed E-state index contributed by atoms with van der Waals surface area (Å²) in [5.41, 5.74) is 5.17. The van der Waals surface area contributed by atoms with Crippen LogP contribution in [0.4, 0.5) is 0 Å². The van der Waals surface area contributed by atoms with E-state index in [9.17, 15) is 4.79 Å². The molecule has 0 saturated carbocycles. The van der Waals surface area contributed by atoms with Crippen molar-refractivity contribution in [2.24, 2.45) is 10.7 Å². The topological polar surface area (TPSA) is 93.1 Å². The number of hydrogen-bond donors (Lipinski definition) is 2. The van der Waals surface area contributed by atoms with Crippen molar-refractivity contribution in [2.75, 3.05) is 26.7 Å². The van der Waals surface area contributed by atoms with Gasteiger partial charge in [0.25, 0.3) is 5.91 Å². The molecule has 0 aromatic carbocycles. The number of carbonyl (C=O) groups excluding carboxylic acids is 1. The highest BCUT2D eigenvalue weighted by atomic mass is 16.5. The Morgan fingerprint density at radius 1 is 1.50 bits per heavy atom. The van der Waals surface area contributed by atoms with E-state index in [4.69, 9.17) is 14.9 Å². The summed E-state index contributed by atoms with van der Waals surface area (Å²) < 4.78 is 11.0. The Hall–Kier alpha value is -2.02. The van der Waals surface area contributed by atoms with E-state index in [0.29, 0.717) is 18.4 Å². The summed E-state index contributed by atoms with van der Waals surface area (Å²) in [7, 11) is 1.76. The fraction of sp³-hybridized carbons (Fsp3) is 0.600. The Morgan fingerprint density at radius 3 is 2.77 bits per heavy atom. The van der Waals surface area contributed by atoms with Gasteiger partial charge in [0.15, 0.2) is 11.7 Å². The highest BCUT2D eigenvalue weighted by Gasteiger charge is 2.21. The van der Waals surface area contributed by atoms with Crippen LogP contribution in [0, 0.1) is 0 Å². The first-order chi connectivity index (χ1) is 10.6. The molecule has 3 N–H and O–H groups in total. The van der Waals surface area contributed by atoms with Crippen molar-refractivity contribution in [1.29, 1.82) is 0 Å². The second kappa shape index (κ2) is 7.84.